The minimum absolute atomic E-state index is 0.160. The Hall–Kier alpha value is -2.92. The van der Waals surface area contributed by atoms with Crippen molar-refractivity contribution in [3.63, 3.8) is 0 Å². The molecule has 0 unspecified atom stereocenters. The van der Waals surface area contributed by atoms with Gasteiger partial charge < -0.3 is 21.3 Å². The quantitative estimate of drug-likeness (QED) is 0.334. The van der Waals surface area contributed by atoms with Crippen molar-refractivity contribution in [2.24, 2.45) is 10.7 Å². The van der Waals surface area contributed by atoms with Gasteiger partial charge in [0.05, 0.1) is 12.2 Å². The molecule has 40 heavy (non-hydrogen) atoms. The lowest BCUT2D eigenvalue weighted by atomic mass is 9.97. The molecule has 2 aromatic rings. The maximum atomic E-state index is 14.3. The monoisotopic (exact) mass is 589 g/mol. The summed E-state index contributed by atoms with van der Waals surface area (Å²) in [4.78, 5) is 35.0. The summed E-state index contributed by atoms with van der Waals surface area (Å²) in [6.07, 6.45) is 3.05. The average molecular weight is 591 g/mol. The summed E-state index contributed by atoms with van der Waals surface area (Å²) < 4.78 is 14.3. The van der Waals surface area contributed by atoms with Gasteiger partial charge in [-0.2, -0.15) is 0 Å². The second-order valence-corrected chi connectivity index (χ2v) is 11.4. The molecule has 0 bridgehead atoms. The third kappa shape index (κ3) is 5.76. The van der Waals surface area contributed by atoms with Crippen LogP contribution in [0.25, 0.3) is 0 Å². The highest BCUT2D eigenvalue weighted by atomic mass is 35.5. The maximum absolute atomic E-state index is 14.3. The van der Waals surface area contributed by atoms with Crippen LogP contribution in [0.4, 0.5) is 15.8 Å². The number of aliphatic imine (C=N–C) groups is 1. The molecular weight excluding hydrogens is 556 g/mol. The molecule has 1 atom stereocenters. The van der Waals surface area contributed by atoms with Gasteiger partial charge in [-0.25, -0.2) is 9.38 Å². The fourth-order valence-electron chi connectivity index (χ4n) is 5.83. The van der Waals surface area contributed by atoms with Gasteiger partial charge in [0.25, 0.3) is 10.9 Å². The molecular formula is C28H34Cl2FN7O2. The molecule has 0 aliphatic carbocycles. The van der Waals surface area contributed by atoms with E-state index in [-0.39, 0.29) is 34.7 Å². The third-order valence-electron chi connectivity index (χ3n) is 8.20. The molecule has 3 heterocycles. The first-order valence-electron chi connectivity index (χ1n) is 13.6. The Morgan fingerprint density at radius 2 is 1.90 bits per heavy atom. The maximum Gasteiger partial charge on any atom is 0.253 e. The number of allylic oxidation sites excluding steroid dienone is 1. The van der Waals surface area contributed by atoms with E-state index in [4.69, 9.17) is 28.9 Å². The van der Waals surface area contributed by atoms with Crippen LogP contribution in [0.2, 0.25) is 5.02 Å². The van der Waals surface area contributed by atoms with Crippen molar-refractivity contribution < 1.29 is 4.39 Å². The Morgan fingerprint density at radius 1 is 1.18 bits per heavy atom. The van der Waals surface area contributed by atoms with Gasteiger partial charge in [0.1, 0.15) is 28.7 Å². The first-order valence-corrected chi connectivity index (χ1v) is 14.3. The molecule has 9 nitrogen and oxygen atoms in total. The van der Waals surface area contributed by atoms with Gasteiger partial charge in [0, 0.05) is 48.8 Å². The minimum atomic E-state index is -0.601. The molecule has 0 radical (unpaired) electrons. The van der Waals surface area contributed by atoms with Crippen molar-refractivity contribution in [2.75, 3.05) is 49.9 Å². The van der Waals surface area contributed by atoms with Crippen molar-refractivity contribution in [2.45, 2.75) is 44.8 Å². The number of piperazine rings is 1. The number of hydrogen-bond acceptors (Lipinski definition) is 9. The first-order chi connectivity index (χ1) is 19.2. The fraction of sp³-hybridized carbons (Fsp3) is 0.464. The van der Waals surface area contributed by atoms with Crippen LogP contribution in [-0.4, -0.2) is 71.2 Å². The zero-order valence-corrected chi connectivity index (χ0v) is 24.0. The van der Waals surface area contributed by atoms with E-state index in [1.54, 1.807) is 12.1 Å². The smallest absolute Gasteiger partial charge is 0.253 e. The third-order valence-corrected chi connectivity index (χ3v) is 8.74. The highest BCUT2D eigenvalue weighted by molar-refractivity contribution is 6.69. The van der Waals surface area contributed by atoms with Crippen molar-refractivity contribution in [1.29, 1.82) is 0 Å². The predicted molar refractivity (Wildman–Crippen MR) is 159 cm³/mol. The molecule has 2 fully saturated rings. The van der Waals surface area contributed by atoms with E-state index in [0.29, 0.717) is 40.6 Å². The number of anilines is 2. The molecule has 4 N–H and O–H groups in total. The van der Waals surface area contributed by atoms with E-state index in [1.807, 2.05) is 0 Å². The SMILES string of the molecule is C=C(C(Cl)=NC1=C(N)Nc2c(c(=O)c2=O)NC1)N1CCN(C2CCN(Cc3ccc(Cl)cc3F)CC2)[C@@H](CC)C1. The molecule has 12 heteroatoms. The molecule has 5 rings (SSSR count). The Bertz CT molecular complexity index is 1430. The second kappa shape index (κ2) is 11.9. The summed E-state index contributed by atoms with van der Waals surface area (Å²) in [7, 11) is 0. The summed E-state index contributed by atoms with van der Waals surface area (Å²) in [5.74, 6) is -0.0782. The molecule has 0 spiro atoms. The first kappa shape index (κ1) is 28.6. The van der Waals surface area contributed by atoms with Gasteiger partial charge >= 0.3 is 0 Å². The average Bonchev–Trinajstić information content (AvgIpc) is 3.10. The van der Waals surface area contributed by atoms with Crippen LogP contribution in [0.5, 0.6) is 0 Å². The van der Waals surface area contributed by atoms with E-state index in [1.165, 1.54) is 6.07 Å². The molecule has 0 saturated carbocycles. The lowest BCUT2D eigenvalue weighted by molar-refractivity contribution is 0.0244. The van der Waals surface area contributed by atoms with E-state index < -0.39 is 10.9 Å². The molecule has 2 aromatic carbocycles. The molecule has 3 aliphatic rings. The van der Waals surface area contributed by atoms with Crippen LogP contribution in [0.3, 0.4) is 0 Å². The number of halogens is 3. The predicted octanol–water partition coefficient (Wildman–Crippen LogP) is 3.25. The number of fused-ring (bicyclic) bond motifs is 1. The van der Waals surface area contributed by atoms with E-state index in [2.05, 4.69) is 43.8 Å². The van der Waals surface area contributed by atoms with Crippen LogP contribution >= 0.6 is 23.2 Å². The number of nitrogens with two attached hydrogens (primary N) is 1. The minimum Gasteiger partial charge on any atom is -0.384 e. The van der Waals surface area contributed by atoms with Crippen LogP contribution in [-0.2, 0) is 6.54 Å². The number of hydrogen-bond donors (Lipinski definition) is 3. The van der Waals surface area contributed by atoms with E-state index >= 15 is 0 Å². The largest absolute Gasteiger partial charge is 0.384 e. The normalized spacial score (nSPS) is 21.6. The topological polar surface area (TPSA) is 106 Å². The van der Waals surface area contributed by atoms with Crippen molar-refractivity contribution in [3.8, 4) is 0 Å². The zero-order valence-electron chi connectivity index (χ0n) is 22.5. The number of nitrogens with one attached hydrogen (secondary N) is 2. The van der Waals surface area contributed by atoms with Crippen molar-refractivity contribution in [3.05, 3.63) is 78.8 Å². The van der Waals surface area contributed by atoms with Crippen molar-refractivity contribution >= 4 is 39.7 Å². The Labute approximate surface area is 242 Å². The number of piperidine rings is 1. The molecule has 2 saturated heterocycles. The van der Waals surface area contributed by atoms with Gasteiger partial charge in [-0.1, -0.05) is 42.8 Å². The molecule has 214 valence electrons. The highest BCUT2D eigenvalue weighted by Crippen LogP contribution is 2.27. The summed E-state index contributed by atoms with van der Waals surface area (Å²) in [5, 5.41) is 6.32. The van der Waals surface area contributed by atoms with E-state index in [9.17, 15) is 14.0 Å². The van der Waals surface area contributed by atoms with Gasteiger partial charge in [-0.05, 0) is 44.5 Å². The van der Waals surface area contributed by atoms with Crippen LogP contribution in [0, 0.1) is 5.82 Å². The standard InChI is InChI=1S/C28H34Cl2FN7O2/c1-3-19-15-37(16(2)27(30)34-22-13-33-23-24(35-28(22)32)26(40)25(23)39)10-11-38(19)20-6-8-36(9-7-20)14-17-4-5-18(29)12-21(17)31/h4-5,12,19-20,33,35H,2-3,6-11,13-15,32H2,1H3/t19-/m0/s1. The fourth-order valence-corrected chi connectivity index (χ4v) is 6.21. The lowest BCUT2D eigenvalue weighted by Crippen LogP contribution is -2.58. The van der Waals surface area contributed by atoms with Gasteiger partial charge in [-0.15, -0.1) is 0 Å². The van der Waals surface area contributed by atoms with Gasteiger partial charge in [-0.3, -0.25) is 19.4 Å². The number of benzene rings is 1. The Kier molecular flexibility index (Phi) is 8.51. The summed E-state index contributed by atoms with van der Waals surface area (Å²) >= 11 is 12.5. The lowest BCUT2D eigenvalue weighted by Gasteiger charge is -2.48. The van der Waals surface area contributed by atoms with Gasteiger partial charge in [0.15, 0.2) is 5.17 Å². The zero-order chi connectivity index (χ0) is 28.6. The molecule has 0 amide bonds. The summed E-state index contributed by atoms with van der Waals surface area (Å²) in [6.45, 7) is 11.4. The summed E-state index contributed by atoms with van der Waals surface area (Å²) in [6, 6.07) is 5.70. The van der Waals surface area contributed by atoms with Gasteiger partial charge in [0.2, 0.25) is 0 Å². The molecule has 3 aliphatic heterocycles. The summed E-state index contributed by atoms with van der Waals surface area (Å²) in [5.41, 5.74) is 7.00. The number of likely N-dealkylation sites (tertiary alicyclic amines) is 1. The second-order valence-electron chi connectivity index (χ2n) is 10.6. The van der Waals surface area contributed by atoms with Crippen LogP contribution in [0.1, 0.15) is 31.7 Å². The number of rotatable bonds is 7. The van der Waals surface area contributed by atoms with Crippen LogP contribution in [0.15, 0.2) is 56.6 Å². The van der Waals surface area contributed by atoms with Crippen LogP contribution < -0.4 is 27.2 Å². The van der Waals surface area contributed by atoms with E-state index in [0.717, 1.165) is 52.0 Å². The Morgan fingerprint density at radius 3 is 2.60 bits per heavy atom. The molecule has 0 aromatic heterocycles. The number of nitrogens with zero attached hydrogens (tertiary/aromatic N) is 4. The highest BCUT2D eigenvalue weighted by Gasteiger charge is 2.34. The Balaban J connectivity index is 1.16. The van der Waals surface area contributed by atoms with Crippen molar-refractivity contribution in [1.82, 2.24) is 14.7 Å².